The topological polar surface area (TPSA) is 73.7 Å². The molecule has 1 aromatic heterocycles. The lowest BCUT2D eigenvalue weighted by Gasteiger charge is -2.18. The minimum atomic E-state index is -0.814. The van der Waals surface area contributed by atoms with E-state index in [0.29, 0.717) is 18.2 Å². The van der Waals surface area contributed by atoms with E-state index in [4.69, 9.17) is 14.2 Å². The lowest BCUT2D eigenvalue weighted by atomic mass is 10.1. The summed E-state index contributed by atoms with van der Waals surface area (Å²) in [4.78, 5) is 8.20. The number of hydrogen-bond acceptors (Lipinski definition) is 6. The molecule has 1 aromatic rings. The highest BCUT2D eigenvalue weighted by atomic mass is 16.5. The summed E-state index contributed by atoms with van der Waals surface area (Å²) in [5.74, 6) is 0.623. The van der Waals surface area contributed by atoms with Crippen molar-refractivity contribution in [2.45, 2.75) is 25.0 Å². The predicted molar refractivity (Wildman–Crippen MR) is 59.1 cm³/mol. The van der Waals surface area contributed by atoms with Crippen LogP contribution in [0.2, 0.25) is 0 Å². The number of nitrogens with zero attached hydrogens (tertiary/aromatic N) is 2. The predicted octanol–water partition coefficient (Wildman–Crippen LogP) is 0.706. The molecule has 1 aliphatic heterocycles. The molecule has 2 rings (SSSR count). The van der Waals surface area contributed by atoms with Crippen LogP contribution in [-0.4, -0.2) is 42.0 Å². The number of aliphatic hydroxyl groups is 1. The third kappa shape index (κ3) is 2.48. The van der Waals surface area contributed by atoms with Gasteiger partial charge in [-0.2, -0.15) is 4.98 Å². The maximum Gasteiger partial charge on any atom is 0.241 e. The zero-order valence-electron chi connectivity index (χ0n) is 9.92. The highest BCUT2D eigenvalue weighted by molar-refractivity contribution is 5.25. The number of rotatable bonds is 4. The molecule has 0 bridgehead atoms. The number of aromatic nitrogens is 2. The van der Waals surface area contributed by atoms with Crippen LogP contribution in [0.25, 0.3) is 0 Å². The van der Waals surface area contributed by atoms with Crippen LogP contribution in [-0.2, 0) is 4.74 Å². The quantitative estimate of drug-likeness (QED) is 0.835. The Balaban J connectivity index is 2.23. The number of aliphatic hydroxyl groups excluding tert-OH is 1. The van der Waals surface area contributed by atoms with Crippen molar-refractivity contribution in [2.75, 3.05) is 20.8 Å². The summed E-state index contributed by atoms with van der Waals surface area (Å²) < 4.78 is 15.5. The molecule has 1 aliphatic rings. The molecule has 0 amide bonds. The molecule has 1 saturated heterocycles. The summed E-state index contributed by atoms with van der Waals surface area (Å²) in [5, 5.41) is 10.1. The van der Waals surface area contributed by atoms with E-state index in [-0.39, 0.29) is 12.0 Å². The van der Waals surface area contributed by atoms with Crippen molar-refractivity contribution in [3.05, 3.63) is 11.9 Å². The van der Waals surface area contributed by atoms with Crippen LogP contribution in [0.4, 0.5) is 0 Å². The van der Waals surface area contributed by atoms with Crippen LogP contribution < -0.4 is 9.47 Å². The van der Waals surface area contributed by atoms with Gasteiger partial charge in [-0.05, 0) is 12.8 Å². The van der Waals surface area contributed by atoms with Gasteiger partial charge in [0.05, 0.1) is 26.5 Å². The maximum absolute atomic E-state index is 10.1. The standard InChI is InChI=1S/C11H16N2O4/c1-15-8-6-12-9(11(13-8)16-2)10(14)7-4-3-5-17-7/h6-7,10,14H,3-5H2,1-2H3. The Kier molecular flexibility index (Phi) is 3.75. The van der Waals surface area contributed by atoms with Crippen molar-refractivity contribution in [1.82, 2.24) is 9.97 Å². The highest BCUT2D eigenvalue weighted by Crippen LogP contribution is 2.30. The van der Waals surface area contributed by atoms with Crippen molar-refractivity contribution in [3.63, 3.8) is 0 Å². The minimum Gasteiger partial charge on any atom is -0.480 e. The van der Waals surface area contributed by atoms with Gasteiger partial charge in [-0.3, -0.25) is 0 Å². The van der Waals surface area contributed by atoms with Gasteiger partial charge in [0.25, 0.3) is 0 Å². The normalized spacial score (nSPS) is 21.2. The SMILES string of the molecule is COc1cnc(C(O)C2CCCO2)c(OC)n1. The fourth-order valence-corrected chi connectivity index (χ4v) is 1.85. The fraction of sp³-hybridized carbons (Fsp3) is 0.636. The third-order valence-corrected chi connectivity index (χ3v) is 2.74. The highest BCUT2D eigenvalue weighted by Gasteiger charge is 2.29. The summed E-state index contributed by atoms with van der Waals surface area (Å²) in [5.41, 5.74) is 0.389. The van der Waals surface area contributed by atoms with E-state index >= 15 is 0 Å². The van der Waals surface area contributed by atoms with Gasteiger partial charge in [0, 0.05) is 6.61 Å². The number of hydrogen-bond donors (Lipinski definition) is 1. The van der Waals surface area contributed by atoms with Crippen molar-refractivity contribution < 1.29 is 19.3 Å². The Hall–Kier alpha value is -1.40. The Labute approximate surface area is 99.6 Å². The van der Waals surface area contributed by atoms with Gasteiger partial charge in [0.1, 0.15) is 11.8 Å². The molecule has 94 valence electrons. The summed E-state index contributed by atoms with van der Waals surface area (Å²) in [6.45, 7) is 0.674. The van der Waals surface area contributed by atoms with Gasteiger partial charge in [-0.1, -0.05) is 0 Å². The van der Waals surface area contributed by atoms with Crippen LogP contribution in [0.5, 0.6) is 11.8 Å². The van der Waals surface area contributed by atoms with Crippen molar-refractivity contribution in [1.29, 1.82) is 0 Å². The van der Waals surface area contributed by atoms with Crippen LogP contribution in [0.1, 0.15) is 24.6 Å². The lowest BCUT2D eigenvalue weighted by Crippen LogP contribution is -2.19. The maximum atomic E-state index is 10.1. The molecule has 2 unspecified atom stereocenters. The zero-order valence-corrected chi connectivity index (χ0v) is 9.92. The summed E-state index contributed by atoms with van der Waals surface area (Å²) in [6.07, 6.45) is 2.18. The van der Waals surface area contributed by atoms with Crippen LogP contribution in [0.3, 0.4) is 0 Å². The van der Waals surface area contributed by atoms with Crippen LogP contribution >= 0.6 is 0 Å². The monoisotopic (exact) mass is 240 g/mol. The molecule has 0 aliphatic carbocycles. The first kappa shape index (κ1) is 12.1. The third-order valence-electron chi connectivity index (χ3n) is 2.74. The fourth-order valence-electron chi connectivity index (χ4n) is 1.85. The summed E-state index contributed by atoms with van der Waals surface area (Å²) in [6, 6.07) is 0. The Morgan fingerprint density at radius 2 is 2.29 bits per heavy atom. The van der Waals surface area contributed by atoms with E-state index in [9.17, 15) is 5.11 Å². The Bertz CT molecular complexity index is 380. The van der Waals surface area contributed by atoms with E-state index in [1.807, 2.05) is 0 Å². The second-order valence-electron chi connectivity index (χ2n) is 3.80. The first-order valence-electron chi connectivity index (χ1n) is 5.51. The minimum absolute atomic E-state index is 0.230. The summed E-state index contributed by atoms with van der Waals surface area (Å²) in [7, 11) is 2.98. The lowest BCUT2D eigenvalue weighted by molar-refractivity contribution is -0.00623. The van der Waals surface area contributed by atoms with Gasteiger partial charge < -0.3 is 19.3 Å². The van der Waals surface area contributed by atoms with Gasteiger partial charge in [0.2, 0.25) is 11.8 Å². The second kappa shape index (κ2) is 5.29. The van der Waals surface area contributed by atoms with E-state index in [0.717, 1.165) is 12.8 Å². The largest absolute Gasteiger partial charge is 0.480 e. The van der Waals surface area contributed by atoms with E-state index < -0.39 is 6.10 Å². The van der Waals surface area contributed by atoms with E-state index in [1.54, 1.807) is 0 Å². The van der Waals surface area contributed by atoms with Gasteiger partial charge in [-0.15, -0.1) is 0 Å². The molecule has 6 nitrogen and oxygen atoms in total. The molecule has 6 heteroatoms. The van der Waals surface area contributed by atoms with Crippen molar-refractivity contribution in [3.8, 4) is 11.8 Å². The first-order chi connectivity index (χ1) is 8.26. The smallest absolute Gasteiger partial charge is 0.241 e. The van der Waals surface area contributed by atoms with Gasteiger partial charge in [-0.25, -0.2) is 4.98 Å². The molecular weight excluding hydrogens is 224 g/mol. The molecule has 2 heterocycles. The second-order valence-corrected chi connectivity index (χ2v) is 3.80. The van der Waals surface area contributed by atoms with Crippen molar-refractivity contribution in [2.24, 2.45) is 0 Å². The van der Waals surface area contributed by atoms with Crippen molar-refractivity contribution >= 4 is 0 Å². The van der Waals surface area contributed by atoms with E-state index in [1.165, 1.54) is 20.4 Å². The van der Waals surface area contributed by atoms with E-state index in [2.05, 4.69) is 9.97 Å². The number of ether oxygens (including phenoxy) is 3. The molecular formula is C11H16N2O4. The Morgan fingerprint density at radius 1 is 1.47 bits per heavy atom. The Morgan fingerprint density at radius 3 is 2.88 bits per heavy atom. The van der Waals surface area contributed by atoms with Gasteiger partial charge >= 0.3 is 0 Å². The van der Waals surface area contributed by atoms with Gasteiger partial charge in [0.15, 0.2) is 0 Å². The molecule has 0 spiro atoms. The van der Waals surface area contributed by atoms with Crippen LogP contribution in [0.15, 0.2) is 6.20 Å². The number of methoxy groups -OCH3 is 2. The average molecular weight is 240 g/mol. The molecule has 1 N–H and O–H groups in total. The molecule has 1 fully saturated rings. The molecule has 17 heavy (non-hydrogen) atoms. The summed E-state index contributed by atoms with van der Waals surface area (Å²) >= 11 is 0. The van der Waals surface area contributed by atoms with Crippen LogP contribution in [0, 0.1) is 0 Å². The average Bonchev–Trinajstić information content (AvgIpc) is 2.91. The molecule has 0 aromatic carbocycles. The molecule has 0 radical (unpaired) electrons. The first-order valence-corrected chi connectivity index (χ1v) is 5.51. The zero-order chi connectivity index (χ0) is 12.3. The molecule has 0 saturated carbocycles. The molecule has 2 atom stereocenters.